The van der Waals surface area contributed by atoms with E-state index in [0.29, 0.717) is 6.54 Å². The molecule has 0 aliphatic rings. The molecule has 0 aliphatic heterocycles. The van der Waals surface area contributed by atoms with Crippen molar-refractivity contribution in [2.24, 2.45) is 0 Å². The van der Waals surface area contributed by atoms with E-state index in [-0.39, 0.29) is 18.5 Å². The Bertz CT molecular complexity index is 229. The molecule has 1 amide bonds. The van der Waals surface area contributed by atoms with E-state index >= 15 is 0 Å². The van der Waals surface area contributed by atoms with Crippen LogP contribution in [0, 0.1) is 0 Å². The highest BCUT2D eigenvalue weighted by molar-refractivity contribution is 5.82. The Hall–Kier alpha value is -1.10. The van der Waals surface area contributed by atoms with Gasteiger partial charge in [-0.15, -0.1) is 0 Å². The average molecular weight is 216 g/mol. The van der Waals surface area contributed by atoms with Gasteiger partial charge in [-0.2, -0.15) is 0 Å². The highest BCUT2D eigenvalue weighted by Gasteiger charge is 2.24. The van der Waals surface area contributed by atoms with Crippen molar-refractivity contribution in [1.29, 1.82) is 0 Å². The average Bonchev–Trinajstić information content (AvgIpc) is 2.12. The van der Waals surface area contributed by atoms with E-state index in [4.69, 9.17) is 5.11 Å². The molecule has 0 fully saturated rings. The first-order chi connectivity index (χ1) is 6.90. The Balaban J connectivity index is 4.47. The van der Waals surface area contributed by atoms with Crippen molar-refractivity contribution >= 4 is 11.9 Å². The number of hydrogen-bond acceptors (Lipinski definition) is 3. The van der Waals surface area contributed by atoms with Gasteiger partial charge >= 0.3 is 5.97 Å². The first-order valence-electron chi connectivity index (χ1n) is 5.15. The topological polar surface area (TPSA) is 69.6 Å². The van der Waals surface area contributed by atoms with Crippen LogP contribution in [0.3, 0.4) is 0 Å². The molecule has 5 nitrogen and oxygen atoms in total. The zero-order chi connectivity index (χ0) is 12.0. The number of carboxylic acids is 1. The molecule has 0 aromatic heterocycles. The molecule has 0 aromatic rings. The number of hydrogen-bond donors (Lipinski definition) is 2. The molecule has 0 spiro atoms. The highest BCUT2D eigenvalue weighted by Crippen LogP contribution is 2.05. The molecule has 0 bridgehead atoms. The van der Waals surface area contributed by atoms with Crippen molar-refractivity contribution < 1.29 is 14.7 Å². The summed E-state index contributed by atoms with van der Waals surface area (Å²) in [5, 5.41) is 11.4. The quantitative estimate of drug-likeness (QED) is 0.670. The first kappa shape index (κ1) is 13.9. The number of nitrogens with one attached hydrogen (secondary N) is 1. The van der Waals surface area contributed by atoms with Crippen LogP contribution in [0.1, 0.15) is 27.7 Å². The second-order valence-corrected chi connectivity index (χ2v) is 3.73. The number of amides is 1. The Morgan fingerprint density at radius 3 is 2.20 bits per heavy atom. The number of carboxylic acid groups (broad SMARTS) is 1. The third kappa shape index (κ3) is 4.78. The van der Waals surface area contributed by atoms with Gasteiger partial charge in [0.05, 0.1) is 12.6 Å². The van der Waals surface area contributed by atoms with Crippen molar-refractivity contribution in [3.8, 4) is 0 Å². The van der Waals surface area contributed by atoms with Gasteiger partial charge in [-0.3, -0.25) is 14.5 Å². The molecule has 2 N–H and O–H groups in total. The summed E-state index contributed by atoms with van der Waals surface area (Å²) in [7, 11) is 0. The Morgan fingerprint density at radius 1 is 1.33 bits per heavy atom. The number of carbonyl (C=O) groups excluding carboxylic acids is 1. The summed E-state index contributed by atoms with van der Waals surface area (Å²) in [6.07, 6.45) is 0. The molecule has 0 aromatic carbocycles. The molecule has 0 rings (SSSR count). The summed E-state index contributed by atoms with van der Waals surface area (Å²) in [5.74, 6) is -1.05. The molecule has 1 atom stereocenters. The zero-order valence-corrected chi connectivity index (χ0v) is 9.78. The van der Waals surface area contributed by atoms with Crippen LogP contribution < -0.4 is 5.32 Å². The van der Waals surface area contributed by atoms with E-state index in [1.165, 1.54) is 0 Å². The standard InChI is InChI=1S/C10H20N2O3/c1-5-11-10(15)8(4)12(7(2)3)6-9(13)14/h7-8H,5-6H2,1-4H3,(H,11,15)(H,13,14). The van der Waals surface area contributed by atoms with Gasteiger partial charge in [-0.1, -0.05) is 0 Å². The number of aliphatic carboxylic acids is 1. The van der Waals surface area contributed by atoms with Crippen LogP contribution in [0.15, 0.2) is 0 Å². The minimum absolute atomic E-state index is 0.0266. The van der Waals surface area contributed by atoms with E-state index in [2.05, 4.69) is 5.32 Å². The normalized spacial score (nSPS) is 12.9. The van der Waals surface area contributed by atoms with Crippen LogP contribution in [0.5, 0.6) is 0 Å². The van der Waals surface area contributed by atoms with Crippen LogP contribution in [0.25, 0.3) is 0 Å². The Labute approximate surface area is 90.5 Å². The van der Waals surface area contributed by atoms with Crippen LogP contribution in [-0.2, 0) is 9.59 Å². The lowest BCUT2D eigenvalue weighted by Crippen LogP contribution is -2.49. The van der Waals surface area contributed by atoms with Gasteiger partial charge in [-0.25, -0.2) is 0 Å². The van der Waals surface area contributed by atoms with Gasteiger partial charge < -0.3 is 10.4 Å². The Kier molecular flexibility index (Phi) is 5.93. The number of likely N-dealkylation sites (N-methyl/N-ethyl adjacent to an activating group) is 1. The van der Waals surface area contributed by atoms with Crippen LogP contribution in [-0.4, -0.2) is 47.1 Å². The fourth-order valence-corrected chi connectivity index (χ4v) is 1.40. The second kappa shape index (κ2) is 6.40. The third-order valence-corrected chi connectivity index (χ3v) is 2.21. The summed E-state index contributed by atoms with van der Waals surface area (Å²) >= 11 is 0. The number of nitrogens with zero attached hydrogens (tertiary/aromatic N) is 1. The number of rotatable bonds is 6. The fourth-order valence-electron chi connectivity index (χ4n) is 1.40. The smallest absolute Gasteiger partial charge is 0.317 e. The molecule has 15 heavy (non-hydrogen) atoms. The molecule has 0 saturated heterocycles. The first-order valence-corrected chi connectivity index (χ1v) is 5.15. The maximum atomic E-state index is 11.5. The van der Waals surface area contributed by atoms with Crippen molar-refractivity contribution in [3.63, 3.8) is 0 Å². The van der Waals surface area contributed by atoms with Gasteiger partial charge in [-0.05, 0) is 27.7 Å². The highest BCUT2D eigenvalue weighted by atomic mass is 16.4. The third-order valence-electron chi connectivity index (χ3n) is 2.21. The number of carbonyl (C=O) groups is 2. The van der Waals surface area contributed by atoms with Gasteiger partial charge in [0, 0.05) is 12.6 Å². The predicted molar refractivity (Wildman–Crippen MR) is 57.6 cm³/mol. The minimum Gasteiger partial charge on any atom is -0.480 e. The van der Waals surface area contributed by atoms with E-state index in [1.807, 2.05) is 20.8 Å². The lowest BCUT2D eigenvalue weighted by Gasteiger charge is -2.30. The van der Waals surface area contributed by atoms with Gasteiger partial charge in [0.15, 0.2) is 0 Å². The summed E-state index contributed by atoms with van der Waals surface area (Å²) in [5.41, 5.74) is 0. The summed E-state index contributed by atoms with van der Waals surface area (Å²) < 4.78 is 0. The molecule has 88 valence electrons. The van der Waals surface area contributed by atoms with Gasteiger partial charge in [0.1, 0.15) is 0 Å². The maximum Gasteiger partial charge on any atom is 0.317 e. The van der Waals surface area contributed by atoms with E-state index in [0.717, 1.165) is 0 Å². The van der Waals surface area contributed by atoms with Crippen molar-refractivity contribution in [3.05, 3.63) is 0 Å². The lowest BCUT2D eigenvalue weighted by molar-refractivity contribution is -0.140. The molecule has 5 heteroatoms. The monoisotopic (exact) mass is 216 g/mol. The molecule has 0 radical (unpaired) electrons. The molecule has 0 aliphatic carbocycles. The molecule has 0 heterocycles. The van der Waals surface area contributed by atoms with Crippen molar-refractivity contribution in [2.75, 3.05) is 13.1 Å². The van der Waals surface area contributed by atoms with Crippen LogP contribution >= 0.6 is 0 Å². The predicted octanol–water partition coefficient (Wildman–Crippen LogP) is 0.306. The SMILES string of the molecule is CCNC(=O)C(C)N(CC(=O)O)C(C)C. The van der Waals surface area contributed by atoms with Gasteiger partial charge in [0.25, 0.3) is 0 Å². The summed E-state index contributed by atoms with van der Waals surface area (Å²) in [4.78, 5) is 23.8. The largest absolute Gasteiger partial charge is 0.480 e. The van der Waals surface area contributed by atoms with E-state index in [9.17, 15) is 9.59 Å². The van der Waals surface area contributed by atoms with Crippen molar-refractivity contribution in [2.45, 2.75) is 39.8 Å². The molecular formula is C10H20N2O3. The second-order valence-electron chi connectivity index (χ2n) is 3.73. The zero-order valence-electron chi connectivity index (χ0n) is 9.78. The molecule has 1 unspecified atom stereocenters. The fraction of sp³-hybridized carbons (Fsp3) is 0.800. The van der Waals surface area contributed by atoms with E-state index in [1.54, 1.807) is 11.8 Å². The van der Waals surface area contributed by atoms with E-state index < -0.39 is 12.0 Å². The lowest BCUT2D eigenvalue weighted by atomic mass is 10.2. The minimum atomic E-state index is -0.917. The maximum absolute atomic E-state index is 11.5. The van der Waals surface area contributed by atoms with Crippen LogP contribution in [0.2, 0.25) is 0 Å². The van der Waals surface area contributed by atoms with Crippen LogP contribution in [0.4, 0.5) is 0 Å². The summed E-state index contributed by atoms with van der Waals surface area (Å²) in [6.45, 7) is 7.74. The Morgan fingerprint density at radius 2 is 1.87 bits per heavy atom. The summed E-state index contributed by atoms with van der Waals surface area (Å²) in [6, 6.07) is -0.389. The molecular weight excluding hydrogens is 196 g/mol. The van der Waals surface area contributed by atoms with Gasteiger partial charge in [0.2, 0.25) is 5.91 Å². The molecule has 0 saturated carbocycles. The van der Waals surface area contributed by atoms with Crippen molar-refractivity contribution in [1.82, 2.24) is 10.2 Å².